The fraction of sp³-hybridized carbons (Fsp3) is 0.643. The van der Waals surface area contributed by atoms with E-state index in [2.05, 4.69) is 46.1 Å². The first-order valence-corrected chi connectivity index (χ1v) is 6.41. The molecule has 0 unspecified atom stereocenters. The van der Waals surface area contributed by atoms with E-state index in [1.165, 1.54) is 16.8 Å². The van der Waals surface area contributed by atoms with Gasteiger partial charge >= 0.3 is 0 Å². The third-order valence-corrected chi connectivity index (χ3v) is 3.58. The molecule has 3 heteroatoms. The first-order valence-electron chi connectivity index (χ1n) is 6.41. The van der Waals surface area contributed by atoms with Gasteiger partial charge in [-0.1, -0.05) is 13.8 Å². The van der Waals surface area contributed by atoms with Crippen LogP contribution in [0.4, 0.5) is 0 Å². The molecule has 0 saturated heterocycles. The van der Waals surface area contributed by atoms with Crippen molar-refractivity contribution in [3.8, 4) is 0 Å². The molecular formula is C14H24N2O. The zero-order valence-electron chi connectivity index (χ0n) is 11.6. The molecule has 0 aliphatic carbocycles. The van der Waals surface area contributed by atoms with Crippen molar-refractivity contribution < 1.29 is 4.79 Å². The molecule has 1 N–H and O–H groups in total. The van der Waals surface area contributed by atoms with E-state index in [9.17, 15) is 4.79 Å². The summed E-state index contributed by atoms with van der Waals surface area (Å²) < 4.78 is 2.03. The molecule has 1 aromatic heterocycles. The van der Waals surface area contributed by atoms with Gasteiger partial charge in [0.15, 0.2) is 0 Å². The van der Waals surface area contributed by atoms with Gasteiger partial charge in [0.25, 0.3) is 0 Å². The Bertz CT molecular complexity index is 389. The Morgan fingerprint density at radius 1 is 1.29 bits per heavy atom. The van der Waals surface area contributed by atoms with Gasteiger partial charge in [0, 0.05) is 17.9 Å². The van der Waals surface area contributed by atoms with Crippen molar-refractivity contribution in [3.63, 3.8) is 0 Å². The predicted molar refractivity (Wildman–Crippen MR) is 71.2 cm³/mol. The van der Waals surface area contributed by atoms with Crippen LogP contribution in [0.2, 0.25) is 0 Å². The molecule has 1 rings (SSSR count). The van der Waals surface area contributed by atoms with Crippen molar-refractivity contribution >= 4 is 5.91 Å². The lowest BCUT2D eigenvalue weighted by atomic mass is 10.2. The molecule has 0 aromatic carbocycles. The first kappa shape index (κ1) is 13.8. The van der Waals surface area contributed by atoms with Crippen molar-refractivity contribution in [1.29, 1.82) is 0 Å². The molecule has 0 saturated carbocycles. The lowest BCUT2D eigenvalue weighted by Crippen LogP contribution is -2.36. The monoisotopic (exact) mass is 236 g/mol. The number of hydrogen-bond acceptors (Lipinski definition) is 1. The number of nitrogens with zero attached hydrogens (tertiary/aromatic N) is 1. The van der Waals surface area contributed by atoms with Gasteiger partial charge in [0.05, 0.1) is 0 Å². The Labute approximate surface area is 104 Å². The average molecular weight is 236 g/mol. The normalized spacial score (nSPS) is 10.9. The minimum atomic E-state index is 0.108. The van der Waals surface area contributed by atoms with E-state index in [1.54, 1.807) is 0 Å². The molecule has 0 atom stereocenters. The van der Waals surface area contributed by atoms with Crippen LogP contribution in [0.5, 0.6) is 0 Å². The summed E-state index contributed by atoms with van der Waals surface area (Å²) in [5.74, 6) is 0.108. The number of amides is 1. The van der Waals surface area contributed by atoms with Gasteiger partial charge in [0.2, 0.25) is 5.91 Å². The standard InChI is InChI=1S/C14H24N2O/c1-6-13(7-2)15-14(17)9-16-8-10(3)11(4)12(16)5/h8,13H,6-7,9H2,1-5H3,(H,15,17). The summed E-state index contributed by atoms with van der Waals surface area (Å²) in [5, 5.41) is 3.06. The predicted octanol–water partition coefficient (Wildman–Crippen LogP) is 2.72. The summed E-state index contributed by atoms with van der Waals surface area (Å²) in [6, 6.07) is 0.306. The lowest BCUT2D eigenvalue weighted by Gasteiger charge is -2.15. The Balaban J connectivity index is 2.65. The SMILES string of the molecule is CCC(CC)NC(=O)Cn1cc(C)c(C)c1C. The van der Waals surface area contributed by atoms with E-state index in [-0.39, 0.29) is 5.91 Å². The number of aryl methyl sites for hydroxylation is 1. The largest absolute Gasteiger partial charge is 0.352 e. The summed E-state index contributed by atoms with van der Waals surface area (Å²) in [5.41, 5.74) is 3.71. The quantitative estimate of drug-likeness (QED) is 0.838. The first-order chi connectivity index (χ1) is 7.99. The second-order valence-electron chi connectivity index (χ2n) is 4.73. The minimum absolute atomic E-state index is 0.108. The molecule has 0 spiro atoms. The molecule has 0 fully saturated rings. The van der Waals surface area contributed by atoms with Crippen molar-refractivity contribution in [2.75, 3.05) is 0 Å². The lowest BCUT2D eigenvalue weighted by molar-refractivity contribution is -0.122. The van der Waals surface area contributed by atoms with Gasteiger partial charge in [-0.25, -0.2) is 0 Å². The van der Waals surface area contributed by atoms with Crippen LogP contribution in [0.25, 0.3) is 0 Å². The maximum Gasteiger partial charge on any atom is 0.240 e. The van der Waals surface area contributed by atoms with Crippen molar-refractivity contribution in [2.45, 2.75) is 60.0 Å². The van der Waals surface area contributed by atoms with Crippen LogP contribution in [0, 0.1) is 20.8 Å². The molecule has 17 heavy (non-hydrogen) atoms. The third kappa shape index (κ3) is 3.35. The molecule has 1 amide bonds. The van der Waals surface area contributed by atoms with E-state index in [0.29, 0.717) is 12.6 Å². The van der Waals surface area contributed by atoms with Crippen LogP contribution < -0.4 is 5.32 Å². The van der Waals surface area contributed by atoms with Crippen molar-refractivity contribution in [2.24, 2.45) is 0 Å². The van der Waals surface area contributed by atoms with Crippen LogP contribution in [0.1, 0.15) is 43.5 Å². The van der Waals surface area contributed by atoms with Crippen molar-refractivity contribution in [3.05, 3.63) is 23.0 Å². The topological polar surface area (TPSA) is 34.0 Å². The Kier molecular flexibility index (Phi) is 4.79. The van der Waals surface area contributed by atoms with Crippen LogP contribution in [0.15, 0.2) is 6.20 Å². The fourth-order valence-corrected chi connectivity index (χ4v) is 2.01. The van der Waals surface area contributed by atoms with Crippen LogP contribution in [-0.4, -0.2) is 16.5 Å². The molecule has 96 valence electrons. The number of rotatable bonds is 5. The fourth-order valence-electron chi connectivity index (χ4n) is 2.01. The minimum Gasteiger partial charge on any atom is -0.352 e. The zero-order chi connectivity index (χ0) is 13.0. The molecule has 0 aliphatic rings. The van der Waals surface area contributed by atoms with Gasteiger partial charge in [-0.2, -0.15) is 0 Å². The summed E-state index contributed by atoms with van der Waals surface area (Å²) in [6.45, 7) is 10.9. The number of hydrogen-bond donors (Lipinski definition) is 1. The summed E-state index contributed by atoms with van der Waals surface area (Å²) in [7, 11) is 0. The van der Waals surface area contributed by atoms with Crippen molar-refractivity contribution in [1.82, 2.24) is 9.88 Å². The summed E-state index contributed by atoms with van der Waals surface area (Å²) in [4.78, 5) is 11.9. The smallest absolute Gasteiger partial charge is 0.240 e. The second kappa shape index (κ2) is 5.89. The Morgan fingerprint density at radius 3 is 2.29 bits per heavy atom. The maximum absolute atomic E-state index is 11.9. The van der Waals surface area contributed by atoms with Crippen LogP contribution in [0.3, 0.4) is 0 Å². The highest BCUT2D eigenvalue weighted by Crippen LogP contribution is 2.14. The highest BCUT2D eigenvalue weighted by molar-refractivity contribution is 5.76. The average Bonchev–Trinajstić information content (AvgIpc) is 2.54. The highest BCUT2D eigenvalue weighted by Gasteiger charge is 2.11. The van der Waals surface area contributed by atoms with Gasteiger partial charge in [0.1, 0.15) is 6.54 Å². The van der Waals surface area contributed by atoms with E-state index < -0.39 is 0 Å². The van der Waals surface area contributed by atoms with E-state index in [0.717, 1.165) is 12.8 Å². The number of nitrogens with one attached hydrogen (secondary N) is 1. The molecule has 1 heterocycles. The van der Waals surface area contributed by atoms with E-state index in [1.807, 2.05) is 4.57 Å². The summed E-state index contributed by atoms with van der Waals surface area (Å²) >= 11 is 0. The molecule has 0 radical (unpaired) electrons. The molecule has 0 bridgehead atoms. The van der Waals surface area contributed by atoms with Crippen LogP contribution >= 0.6 is 0 Å². The van der Waals surface area contributed by atoms with E-state index in [4.69, 9.17) is 0 Å². The molecule has 1 aromatic rings. The number of aromatic nitrogens is 1. The molecule has 3 nitrogen and oxygen atoms in total. The number of carbonyl (C=O) groups excluding carboxylic acids is 1. The maximum atomic E-state index is 11.9. The zero-order valence-corrected chi connectivity index (χ0v) is 11.6. The van der Waals surface area contributed by atoms with Gasteiger partial charge < -0.3 is 9.88 Å². The molecular weight excluding hydrogens is 212 g/mol. The van der Waals surface area contributed by atoms with Crippen LogP contribution in [-0.2, 0) is 11.3 Å². The van der Waals surface area contributed by atoms with Gasteiger partial charge in [-0.3, -0.25) is 4.79 Å². The summed E-state index contributed by atoms with van der Waals surface area (Å²) in [6.07, 6.45) is 4.03. The van der Waals surface area contributed by atoms with Gasteiger partial charge in [-0.05, 0) is 44.7 Å². The van der Waals surface area contributed by atoms with Gasteiger partial charge in [-0.15, -0.1) is 0 Å². The second-order valence-corrected chi connectivity index (χ2v) is 4.73. The number of carbonyl (C=O) groups is 1. The molecule has 0 aliphatic heterocycles. The highest BCUT2D eigenvalue weighted by atomic mass is 16.2. The Morgan fingerprint density at radius 2 is 1.88 bits per heavy atom. The van der Waals surface area contributed by atoms with E-state index >= 15 is 0 Å². The Hall–Kier alpha value is -1.25. The third-order valence-electron chi connectivity index (χ3n) is 3.58.